The summed E-state index contributed by atoms with van der Waals surface area (Å²) in [6.45, 7) is 7.94. The van der Waals surface area contributed by atoms with Crippen LogP contribution in [-0.4, -0.2) is 36.0 Å². The summed E-state index contributed by atoms with van der Waals surface area (Å²) in [6.07, 6.45) is -5.07. The smallest absolute Gasteiger partial charge is 0.444 e. The van der Waals surface area contributed by atoms with E-state index in [9.17, 15) is 18.0 Å². The number of aryl methyl sites for hydroxylation is 1. The second-order valence-electron chi connectivity index (χ2n) is 6.65. The molecule has 1 saturated heterocycles. The average Bonchev–Trinajstić information content (AvgIpc) is 2.26. The number of alkyl halides is 3. The minimum Gasteiger partial charge on any atom is -0.444 e. The molecule has 7 heteroatoms. The largest absolute Gasteiger partial charge is 0.573 e. The van der Waals surface area contributed by atoms with Crippen LogP contribution < -0.4 is 4.74 Å². The van der Waals surface area contributed by atoms with Crippen molar-refractivity contribution >= 4 is 6.09 Å². The molecule has 1 aliphatic rings. The molecule has 0 aromatic heterocycles. The van der Waals surface area contributed by atoms with E-state index in [-0.39, 0.29) is 17.8 Å². The van der Waals surface area contributed by atoms with Crippen molar-refractivity contribution in [2.45, 2.75) is 45.6 Å². The van der Waals surface area contributed by atoms with E-state index in [1.54, 1.807) is 44.7 Å². The predicted molar refractivity (Wildman–Crippen MR) is 78.4 cm³/mol. The third-order valence-corrected chi connectivity index (χ3v) is 3.43. The molecular formula is C16H20F3NO3. The number of nitrogens with zero attached hydrogens (tertiary/aromatic N) is 1. The van der Waals surface area contributed by atoms with Crippen LogP contribution in [-0.2, 0) is 4.74 Å². The first kappa shape index (κ1) is 17.4. The number of ether oxygens (including phenoxy) is 2. The molecule has 1 aromatic rings. The Morgan fingerprint density at radius 3 is 2.30 bits per heavy atom. The zero-order chi connectivity index (χ0) is 17.4. The van der Waals surface area contributed by atoms with Crippen LogP contribution in [0.2, 0.25) is 0 Å². The highest BCUT2D eigenvalue weighted by Crippen LogP contribution is 2.33. The topological polar surface area (TPSA) is 38.8 Å². The Morgan fingerprint density at radius 1 is 1.22 bits per heavy atom. The molecule has 1 heterocycles. The number of likely N-dealkylation sites (tertiary alicyclic amines) is 1. The van der Waals surface area contributed by atoms with Crippen LogP contribution in [0.1, 0.15) is 37.8 Å². The van der Waals surface area contributed by atoms with Crippen LogP contribution in [0.25, 0.3) is 0 Å². The number of amides is 1. The summed E-state index contributed by atoms with van der Waals surface area (Å²) < 4.78 is 46.0. The summed E-state index contributed by atoms with van der Waals surface area (Å²) in [5, 5.41) is 0. The van der Waals surface area contributed by atoms with E-state index in [0.29, 0.717) is 18.7 Å². The van der Waals surface area contributed by atoms with E-state index in [1.807, 2.05) is 0 Å². The van der Waals surface area contributed by atoms with Gasteiger partial charge in [-0.25, -0.2) is 4.79 Å². The molecule has 128 valence electrons. The second-order valence-corrected chi connectivity index (χ2v) is 6.65. The van der Waals surface area contributed by atoms with Crippen LogP contribution in [0.5, 0.6) is 5.75 Å². The van der Waals surface area contributed by atoms with Gasteiger partial charge in [0.2, 0.25) is 0 Å². The lowest BCUT2D eigenvalue weighted by Crippen LogP contribution is -2.50. The van der Waals surface area contributed by atoms with Crippen LogP contribution in [0, 0.1) is 6.92 Å². The average molecular weight is 331 g/mol. The molecule has 0 spiro atoms. The van der Waals surface area contributed by atoms with Crippen molar-refractivity contribution in [2.24, 2.45) is 0 Å². The lowest BCUT2D eigenvalue weighted by Gasteiger charge is -2.40. The van der Waals surface area contributed by atoms with Gasteiger partial charge in [-0.15, -0.1) is 13.2 Å². The Hall–Kier alpha value is -1.92. The maximum atomic E-state index is 12.3. The molecule has 1 fully saturated rings. The number of carbonyl (C=O) groups excluding carboxylic acids is 1. The molecule has 0 unspecified atom stereocenters. The number of hydrogen-bond donors (Lipinski definition) is 0. The van der Waals surface area contributed by atoms with Crippen molar-refractivity contribution in [2.75, 3.05) is 13.1 Å². The van der Waals surface area contributed by atoms with Crippen molar-refractivity contribution in [1.82, 2.24) is 4.90 Å². The van der Waals surface area contributed by atoms with Crippen LogP contribution in [0.4, 0.5) is 18.0 Å². The van der Waals surface area contributed by atoms with Crippen molar-refractivity contribution in [3.8, 4) is 5.75 Å². The Bertz CT molecular complexity index is 587. The zero-order valence-electron chi connectivity index (χ0n) is 13.5. The minimum absolute atomic E-state index is 0.0983. The number of hydrogen-bond acceptors (Lipinski definition) is 3. The first-order chi connectivity index (χ1) is 10.4. The van der Waals surface area contributed by atoms with Gasteiger partial charge in [-0.05, 0) is 44.9 Å². The van der Waals surface area contributed by atoms with Crippen molar-refractivity contribution in [1.29, 1.82) is 0 Å². The summed E-state index contributed by atoms with van der Waals surface area (Å²) in [4.78, 5) is 13.4. The Morgan fingerprint density at radius 2 is 1.83 bits per heavy atom. The molecule has 4 nitrogen and oxygen atoms in total. The maximum absolute atomic E-state index is 12.3. The van der Waals surface area contributed by atoms with Gasteiger partial charge >= 0.3 is 12.5 Å². The molecule has 0 aliphatic carbocycles. The first-order valence-electron chi connectivity index (χ1n) is 7.29. The van der Waals surface area contributed by atoms with Crippen LogP contribution >= 0.6 is 0 Å². The third-order valence-electron chi connectivity index (χ3n) is 3.43. The fourth-order valence-electron chi connectivity index (χ4n) is 2.33. The van der Waals surface area contributed by atoms with Gasteiger partial charge in [-0.3, -0.25) is 0 Å². The molecule has 0 N–H and O–H groups in total. The standard InChI is InChI=1S/C16H20F3NO3/c1-10-7-11(5-6-13(10)22-16(17,18)19)12-8-20(9-12)14(21)23-15(2,3)4/h5-7,12H,8-9H2,1-4H3. The van der Waals surface area contributed by atoms with E-state index in [4.69, 9.17) is 4.74 Å². The van der Waals surface area contributed by atoms with Gasteiger partial charge in [0.1, 0.15) is 11.4 Å². The number of halogens is 3. The van der Waals surface area contributed by atoms with Crippen molar-refractivity contribution in [3.63, 3.8) is 0 Å². The molecule has 0 atom stereocenters. The van der Waals surface area contributed by atoms with Gasteiger partial charge in [-0.2, -0.15) is 0 Å². The van der Waals surface area contributed by atoms with Gasteiger partial charge in [0.15, 0.2) is 0 Å². The Labute approximate surface area is 133 Å². The molecular weight excluding hydrogens is 311 g/mol. The quantitative estimate of drug-likeness (QED) is 0.814. The van der Waals surface area contributed by atoms with E-state index >= 15 is 0 Å². The maximum Gasteiger partial charge on any atom is 0.573 e. The van der Waals surface area contributed by atoms with Crippen molar-refractivity contribution < 1.29 is 27.4 Å². The van der Waals surface area contributed by atoms with Gasteiger partial charge in [0, 0.05) is 19.0 Å². The van der Waals surface area contributed by atoms with E-state index in [0.717, 1.165) is 5.56 Å². The van der Waals surface area contributed by atoms with Gasteiger partial charge in [0.25, 0.3) is 0 Å². The molecule has 0 saturated carbocycles. The van der Waals surface area contributed by atoms with Crippen molar-refractivity contribution in [3.05, 3.63) is 29.3 Å². The van der Waals surface area contributed by atoms with Crippen LogP contribution in [0.15, 0.2) is 18.2 Å². The number of carbonyl (C=O) groups is 1. The molecule has 0 bridgehead atoms. The number of benzene rings is 1. The fourth-order valence-corrected chi connectivity index (χ4v) is 2.33. The molecule has 1 aliphatic heterocycles. The predicted octanol–water partition coefficient (Wildman–Crippen LogP) is 4.23. The summed E-state index contributed by atoms with van der Waals surface area (Å²) >= 11 is 0. The minimum atomic E-state index is -4.70. The van der Waals surface area contributed by atoms with Crippen LogP contribution in [0.3, 0.4) is 0 Å². The SMILES string of the molecule is Cc1cc(C2CN(C(=O)OC(C)(C)C)C2)ccc1OC(F)(F)F. The Kier molecular flexibility index (Phi) is 4.50. The third kappa shape index (κ3) is 4.77. The van der Waals surface area contributed by atoms with Gasteiger partial charge in [-0.1, -0.05) is 12.1 Å². The van der Waals surface area contributed by atoms with E-state index in [1.165, 1.54) is 6.07 Å². The van der Waals surface area contributed by atoms with E-state index in [2.05, 4.69) is 4.74 Å². The highest BCUT2D eigenvalue weighted by atomic mass is 19.4. The lowest BCUT2D eigenvalue weighted by atomic mass is 9.91. The molecule has 1 aromatic carbocycles. The zero-order valence-corrected chi connectivity index (χ0v) is 13.5. The normalized spacial score (nSPS) is 16.0. The second kappa shape index (κ2) is 5.94. The van der Waals surface area contributed by atoms with Gasteiger partial charge < -0.3 is 14.4 Å². The monoisotopic (exact) mass is 331 g/mol. The molecule has 2 rings (SSSR count). The summed E-state index contributed by atoms with van der Waals surface area (Å²) in [5.74, 6) is -0.106. The summed E-state index contributed by atoms with van der Waals surface area (Å²) in [7, 11) is 0. The summed E-state index contributed by atoms with van der Waals surface area (Å²) in [5.41, 5.74) is 0.752. The summed E-state index contributed by atoms with van der Waals surface area (Å²) in [6, 6.07) is 4.58. The first-order valence-corrected chi connectivity index (χ1v) is 7.29. The number of rotatable bonds is 2. The highest BCUT2D eigenvalue weighted by Gasteiger charge is 2.35. The van der Waals surface area contributed by atoms with Gasteiger partial charge in [0.05, 0.1) is 0 Å². The van der Waals surface area contributed by atoms with E-state index < -0.39 is 12.0 Å². The molecule has 0 radical (unpaired) electrons. The fraction of sp³-hybridized carbons (Fsp3) is 0.562. The highest BCUT2D eigenvalue weighted by molar-refractivity contribution is 5.69. The molecule has 23 heavy (non-hydrogen) atoms. The molecule has 1 amide bonds. The Balaban J connectivity index is 1.95. The lowest BCUT2D eigenvalue weighted by molar-refractivity contribution is -0.274.